The van der Waals surface area contributed by atoms with E-state index in [1.807, 2.05) is 36.4 Å². The lowest BCUT2D eigenvalue weighted by atomic mass is 9.55. The van der Waals surface area contributed by atoms with E-state index in [9.17, 15) is 9.59 Å². The number of carbonyl (C=O) groups is 2. The standard InChI is InChI=1S/C33H35Br2NO4/c1-20-6-9-23-17-24-18-33(30(37)39-4,31(38)40-5)29(22-10-14-26(35)15-11-22)36(19-21-7-12-25(34)13-8-21)28(24)32(2,3)27(23)16-20/h6-16,24,28-29H,17-19H2,1-5H3. The van der Waals surface area contributed by atoms with Crippen LogP contribution in [-0.4, -0.2) is 37.1 Å². The molecule has 0 N–H and O–H groups in total. The first-order valence-corrected chi connectivity index (χ1v) is 15.1. The lowest BCUT2D eigenvalue weighted by Gasteiger charge is -2.60. The third kappa shape index (κ3) is 4.84. The second-order valence-electron chi connectivity index (χ2n) is 11.7. The zero-order chi connectivity index (χ0) is 28.8. The monoisotopic (exact) mass is 667 g/mol. The summed E-state index contributed by atoms with van der Waals surface area (Å²) in [5.74, 6) is -1.09. The molecule has 5 nitrogen and oxygen atoms in total. The molecule has 3 aromatic rings. The summed E-state index contributed by atoms with van der Waals surface area (Å²) in [5, 5.41) is 0. The predicted molar refractivity (Wildman–Crippen MR) is 163 cm³/mol. The number of methoxy groups -OCH3 is 2. The molecule has 0 saturated carbocycles. The van der Waals surface area contributed by atoms with Gasteiger partial charge in [-0.2, -0.15) is 0 Å². The van der Waals surface area contributed by atoms with Gasteiger partial charge in [0.2, 0.25) is 0 Å². The molecule has 1 saturated heterocycles. The number of benzene rings is 3. The minimum Gasteiger partial charge on any atom is -0.468 e. The number of nitrogens with zero attached hydrogens (tertiary/aromatic N) is 1. The maximum atomic E-state index is 13.9. The van der Waals surface area contributed by atoms with Crippen molar-refractivity contribution < 1.29 is 19.1 Å². The molecule has 210 valence electrons. The van der Waals surface area contributed by atoms with Crippen LogP contribution in [0.2, 0.25) is 0 Å². The van der Waals surface area contributed by atoms with Crippen molar-refractivity contribution in [1.82, 2.24) is 4.90 Å². The maximum Gasteiger partial charge on any atom is 0.325 e. The van der Waals surface area contributed by atoms with Crippen LogP contribution in [0.1, 0.15) is 54.1 Å². The third-order valence-corrected chi connectivity index (χ3v) is 9.99. The van der Waals surface area contributed by atoms with Gasteiger partial charge in [-0.05, 0) is 72.2 Å². The molecule has 2 aliphatic rings. The molecule has 0 aromatic heterocycles. The molecular formula is C33H35Br2NO4. The average Bonchev–Trinajstić information content (AvgIpc) is 2.94. The van der Waals surface area contributed by atoms with Gasteiger partial charge in [0.25, 0.3) is 0 Å². The molecule has 3 aromatic carbocycles. The number of carbonyl (C=O) groups excluding carboxylic acids is 2. The summed E-state index contributed by atoms with van der Waals surface area (Å²) in [6.45, 7) is 7.29. The minimum absolute atomic E-state index is 0.0190. The van der Waals surface area contributed by atoms with E-state index < -0.39 is 23.4 Å². The molecule has 0 bridgehead atoms. The number of esters is 2. The van der Waals surface area contributed by atoms with E-state index in [2.05, 4.69) is 87.9 Å². The average molecular weight is 669 g/mol. The van der Waals surface area contributed by atoms with E-state index in [1.165, 1.54) is 30.9 Å². The highest BCUT2D eigenvalue weighted by atomic mass is 79.9. The van der Waals surface area contributed by atoms with Gasteiger partial charge in [0.05, 0.1) is 20.3 Å². The van der Waals surface area contributed by atoms with E-state index in [-0.39, 0.29) is 17.4 Å². The summed E-state index contributed by atoms with van der Waals surface area (Å²) >= 11 is 7.11. The number of halogens is 2. The summed E-state index contributed by atoms with van der Waals surface area (Å²) in [6.07, 6.45) is 1.11. The van der Waals surface area contributed by atoms with E-state index >= 15 is 0 Å². The number of hydrogen-bond donors (Lipinski definition) is 0. The lowest BCUT2D eigenvalue weighted by molar-refractivity contribution is -0.189. The summed E-state index contributed by atoms with van der Waals surface area (Å²) in [7, 11) is 2.72. The molecule has 1 aliphatic heterocycles. The fraction of sp³-hybridized carbons (Fsp3) is 0.394. The van der Waals surface area contributed by atoms with Crippen LogP contribution in [0.25, 0.3) is 0 Å². The van der Waals surface area contributed by atoms with Crippen molar-refractivity contribution in [2.24, 2.45) is 11.3 Å². The van der Waals surface area contributed by atoms with Gasteiger partial charge in [-0.1, -0.05) is 93.7 Å². The second kappa shape index (κ2) is 11.1. The van der Waals surface area contributed by atoms with Crippen LogP contribution in [0.3, 0.4) is 0 Å². The molecule has 0 radical (unpaired) electrons. The summed E-state index contributed by atoms with van der Waals surface area (Å²) in [4.78, 5) is 30.3. The summed E-state index contributed by atoms with van der Waals surface area (Å²) < 4.78 is 12.8. The largest absolute Gasteiger partial charge is 0.468 e. The Hall–Kier alpha value is -2.48. The Labute approximate surface area is 253 Å². The first-order valence-electron chi connectivity index (χ1n) is 13.6. The van der Waals surface area contributed by atoms with E-state index in [0.29, 0.717) is 13.0 Å². The molecule has 1 aliphatic carbocycles. The lowest BCUT2D eigenvalue weighted by Crippen LogP contribution is -2.66. The number of ether oxygens (including phenoxy) is 2. The van der Waals surface area contributed by atoms with Crippen LogP contribution in [-0.2, 0) is 37.4 Å². The fourth-order valence-corrected chi connectivity index (χ4v) is 7.93. The zero-order valence-electron chi connectivity index (χ0n) is 23.5. The fourth-order valence-electron chi connectivity index (χ4n) is 7.40. The van der Waals surface area contributed by atoms with Gasteiger partial charge in [0.15, 0.2) is 5.41 Å². The predicted octanol–water partition coefficient (Wildman–Crippen LogP) is 7.32. The van der Waals surface area contributed by atoms with E-state index in [0.717, 1.165) is 26.5 Å². The first kappa shape index (κ1) is 29.0. The molecule has 3 unspecified atom stereocenters. The van der Waals surface area contributed by atoms with Gasteiger partial charge in [0.1, 0.15) is 0 Å². The van der Waals surface area contributed by atoms with Crippen molar-refractivity contribution in [3.05, 3.63) is 103 Å². The van der Waals surface area contributed by atoms with Gasteiger partial charge in [0, 0.05) is 26.9 Å². The SMILES string of the molecule is COC(=O)C1(C(=O)OC)CC2Cc3ccc(C)cc3C(C)(C)C2N(Cc2ccc(Br)cc2)C1c1ccc(Br)cc1. The van der Waals surface area contributed by atoms with Crippen LogP contribution in [0.15, 0.2) is 75.7 Å². The van der Waals surface area contributed by atoms with Gasteiger partial charge in [-0.15, -0.1) is 0 Å². The van der Waals surface area contributed by atoms with Crippen molar-refractivity contribution in [3.8, 4) is 0 Å². The van der Waals surface area contributed by atoms with Gasteiger partial charge in [-0.25, -0.2) is 0 Å². The smallest absolute Gasteiger partial charge is 0.325 e. The molecule has 40 heavy (non-hydrogen) atoms. The van der Waals surface area contributed by atoms with Crippen molar-refractivity contribution >= 4 is 43.8 Å². The topological polar surface area (TPSA) is 55.8 Å². The second-order valence-corrected chi connectivity index (χ2v) is 13.5. The molecule has 1 fully saturated rings. The number of fused-ring (bicyclic) bond motifs is 2. The molecule has 1 heterocycles. The first-order chi connectivity index (χ1) is 19.0. The number of aryl methyl sites for hydroxylation is 1. The molecule has 0 amide bonds. The van der Waals surface area contributed by atoms with E-state index in [1.54, 1.807) is 0 Å². The Morgan fingerprint density at radius 2 is 1.48 bits per heavy atom. The molecule has 3 atom stereocenters. The van der Waals surface area contributed by atoms with Crippen molar-refractivity contribution in [2.75, 3.05) is 14.2 Å². The van der Waals surface area contributed by atoms with Crippen LogP contribution >= 0.6 is 31.9 Å². The quantitative estimate of drug-likeness (QED) is 0.211. The Morgan fingerprint density at radius 3 is 2.05 bits per heavy atom. The van der Waals surface area contributed by atoms with Crippen molar-refractivity contribution in [1.29, 1.82) is 0 Å². The summed E-state index contributed by atoms with van der Waals surface area (Å²) in [6, 6.07) is 22.3. The summed E-state index contributed by atoms with van der Waals surface area (Å²) in [5.41, 5.74) is 4.00. The van der Waals surface area contributed by atoms with E-state index in [4.69, 9.17) is 9.47 Å². The number of likely N-dealkylation sites (tertiary alicyclic amines) is 1. The highest BCUT2D eigenvalue weighted by molar-refractivity contribution is 9.10. The van der Waals surface area contributed by atoms with Crippen LogP contribution in [0, 0.1) is 18.3 Å². The maximum absolute atomic E-state index is 13.9. The number of piperidine rings is 1. The Balaban J connectivity index is 1.80. The third-order valence-electron chi connectivity index (χ3n) is 8.93. The highest BCUT2D eigenvalue weighted by Crippen LogP contribution is 2.58. The van der Waals surface area contributed by atoms with Crippen molar-refractivity contribution in [3.63, 3.8) is 0 Å². The van der Waals surface area contributed by atoms with Gasteiger partial charge in [-0.3, -0.25) is 14.5 Å². The Bertz CT molecular complexity index is 1400. The van der Waals surface area contributed by atoms with Crippen molar-refractivity contribution in [2.45, 2.75) is 57.7 Å². The Morgan fingerprint density at radius 1 is 0.900 bits per heavy atom. The molecule has 5 rings (SSSR count). The van der Waals surface area contributed by atoms with Gasteiger partial charge < -0.3 is 9.47 Å². The normalized spacial score (nSPS) is 23.0. The number of rotatable bonds is 5. The minimum atomic E-state index is -1.54. The Kier molecular flexibility index (Phi) is 8.03. The highest BCUT2D eigenvalue weighted by Gasteiger charge is 2.65. The van der Waals surface area contributed by atoms with Crippen LogP contribution in [0.4, 0.5) is 0 Å². The van der Waals surface area contributed by atoms with Crippen LogP contribution < -0.4 is 0 Å². The molecule has 0 spiro atoms. The van der Waals surface area contributed by atoms with Gasteiger partial charge >= 0.3 is 11.9 Å². The molecule has 7 heteroatoms. The number of hydrogen-bond acceptors (Lipinski definition) is 5. The molecular weight excluding hydrogens is 634 g/mol. The van der Waals surface area contributed by atoms with Crippen LogP contribution in [0.5, 0.6) is 0 Å². The zero-order valence-corrected chi connectivity index (χ0v) is 26.7.